The zero-order chi connectivity index (χ0) is 18.6. The average Bonchev–Trinajstić information content (AvgIpc) is 3.15. The highest BCUT2D eigenvalue weighted by Gasteiger charge is 2.18. The number of pyridine rings is 1. The molecule has 0 radical (unpaired) electrons. The van der Waals surface area contributed by atoms with Gasteiger partial charge in [-0.2, -0.15) is 0 Å². The third kappa shape index (κ3) is 3.79. The van der Waals surface area contributed by atoms with Gasteiger partial charge in [0.1, 0.15) is 0 Å². The van der Waals surface area contributed by atoms with Crippen molar-refractivity contribution in [3.8, 4) is 11.5 Å². The number of carbonyl (C=O) groups is 1. The van der Waals surface area contributed by atoms with Gasteiger partial charge in [-0.3, -0.25) is 4.98 Å². The topological polar surface area (TPSA) is 63.7 Å². The van der Waals surface area contributed by atoms with Gasteiger partial charge in [-0.1, -0.05) is 24.3 Å². The number of benzene rings is 2. The molecule has 1 N–H and O–H groups in total. The Bertz CT molecular complexity index is 974. The predicted molar refractivity (Wildman–Crippen MR) is 103 cm³/mol. The molecule has 0 saturated heterocycles. The number of para-hydroxylation sites is 1. The van der Waals surface area contributed by atoms with Crippen LogP contribution < -0.4 is 14.8 Å². The normalized spacial score (nSPS) is 12.2. The van der Waals surface area contributed by atoms with Gasteiger partial charge < -0.3 is 19.7 Å². The molecule has 0 aliphatic carbocycles. The van der Waals surface area contributed by atoms with Gasteiger partial charge in [0.05, 0.1) is 5.52 Å². The van der Waals surface area contributed by atoms with Gasteiger partial charge in [-0.25, -0.2) is 4.79 Å². The highest BCUT2D eigenvalue weighted by molar-refractivity contribution is 5.79. The smallest absolute Gasteiger partial charge is 0.317 e. The lowest BCUT2D eigenvalue weighted by molar-refractivity contribution is 0.173. The van der Waals surface area contributed by atoms with Crippen molar-refractivity contribution in [1.82, 2.24) is 15.2 Å². The van der Waals surface area contributed by atoms with Crippen LogP contribution in [0.4, 0.5) is 4.79 Å². The highest BCUT2D eigenvalue weighted by Crippen LogP contribution is 2.33. The molecule has 1 aromatic heterocycles. The summed E-state index contributed by atoms with van der Waals surface area (Å²) in [5.74, 6) is 1.46. The summed E-state index contributed by atoms with van der Waals surface area (Å²) in [6, 6.07) is 15.7. The first-order chi connectivity index (χ1) is 13.2. The Hall–Kier alpha value is -3.28. The number of hydrogen-bond acceptors (Lipinski definition) is 4. The van der Waals surface area contributed by atoms with Crippen LogP contribution in [0.2, 0.25) is 0 Å². The number of nitrogens with one attached hydrogen (secondary N) is 1. The summed E-state index contributed by atoms with van der Waals surface area (Å²) < 4.78 is 10.8. The molecule has 27 heavy (non-hydrogen) atoms. The Morgan fingerprint density at radius 1 is 1.07 bits per heavy atom. The summed E-state index contributed by atoms with van der Waals surface area (Å²) in [5, 5.41) is 3.95. The summed E-state index contributed by atoms with van der Waals surface area (Å²) in [4.78, 5) is 18.9. The van der Waals surface area contributed by atoms with Crippen LogP contribution in [0.15, 0.2) is 54.7 Å². The minimum absolute atomic E-state index is 0.108. The van der Waals surface area contributed by atoms with Crippen LogP contribution in [0.25, 0.3) is 10.9 Å². The number of amides is 2. The number of fused-ring (bicyclic) bond motifs is 2. The number of rotatable bonds is 5. The monoisotopic (exact) mass is 363 g/mol. The molecular formula is C21H21N3O3. The summed E-state index contributed by atoms with van der Waals surface area (Å²) in [6.07, 6.45) is 1.83. The fourth-order valence-corrected chi connectivity index (χ4v) is 3.15. The lowest BCUT2D eigenvalue weighted by atomic mass is 10.1. The van der Waals surface area contributed by atoms with Crippen molar-refractivity contribution in [3.05, 3.63) is 65.9 Å². The Balaban J connectivity index is 1.57. The maximum absolute atomic E-state index is 12.6. The van der Waals surface area contributed by atoms with Gasteiger partial charge in [0.2, 0.25) is 6.79 Å². The SMILES string of the molecule is CCNC(=O)N(Cc1ccc2c(c1)OCO2)Cc1cnc2ccccc2c1. The van der Waals surface area contributed by atoms with Crippen molar-refractivity contribution in [2.24, 2.45) is 0 Å². The van der Waals surface area contributed by atoms with Crippen molar-refractivity contribution in [2.75, 3.05) is 13.3 Å². The van der Waals surface area contributed by atoms with E-state index in [-0.39, 0.29) is 12.8 Å². The molecular weight excluding hydrogens is 342 g/mol. The fourth-order valence-electron chi connectivity index (χ4n) is 3.15. The van der Waals surface area contributed by atoms with E-state index >= 15 is 0 Å². The van der Waals surface area contributed by atoms with Gasteiger partial charge in [0, 0.05) is 31.2 Å². The third-order valence-electron chi connectivity index (χ3n) is 4.45. The molecule has 0 spiro atoms. The van der Waals surface area contributed by atoms with Crippen LogP contribution in [0.1, 0.15) is 18.1 Å². The van der Waals surface area contributed by atoms with Crippen molar-refractivity contribution in [3.63, 3.8) is 0 Å². The van der Waals surface area contributed by atoms with E-state index in [1.54, 1.807) is 4.90 Å². The lowest BCUT2D eigenvalue weighted by Crippen LogP contribution is -2.39. The molecule has 3 aromatic rings. The second-order valence-electron chi connectivity index (χ2n) is 6.42. The number of ether oxygens (including phenoxy) is 2. The Morgan fingerprint density at radius 2 is 1.89 bits per heavy atom. The van der Waals surface area contributed by atoms with E-state index in [2.05, 4.69) is 16.4 Å². The molecule has 6 nitrogen and oxygen atoms in total. The van der Waals surface area contributed by atoms with Crippen LogP contribution in [0, 0.1) is 0 Å². The maximum Gasteiger partial charge on any atom is 0.317 e. The van der Waals surface area contributed by atoms with Gasteiger partial charge in [0.25, 0.3) is 0 Å². The largest absolute Gasteiger partial charge is 0.454 e. The summed E-state index contributed by atoms with van der Waals surface area (Å²) in [6.45, 7) is 3.66. The molecule has 2 amide bonds. The molecule has 1 aliphatic rings. The van der Waals surface area contributed by atoms with Gasteiger partial charge in [0.15, 0.2) is 11.5 Å². The number of aromatic nitrogens is 1. The molecule has 138 valence electrons. The summed E-state index contributed by atoms with van der Waals surface area (Å²) in [7, 11) is 0. The Kier molecular flexibility index (Phi) is 4.78. The first-order valence-electron chi connectivity index (χ1n) is 8.98. The van der Waals surface area contributed by atoms with Crippen LogP contribution in [-0.2, 0) is 13.1 Å². The minimum Gasteiger partial charge on any atom is -0.454 e. The maximum atomic E-state index is 12.6. The quantitative estimate of drug-likeness (QED) is 0.751. The molecule has 0 bridgehead atoms. The van der Waals surface area contributed by atoms with Crippen molar-refractivity contribution in [2.45, 2.75) is 20.0 Å². The standard InChI is InChI=1S/C21H21N3O3/c1-2-22-21(25)24(12-15-7-8-19-20(10-15)27-14-26-19)13-16-9-17-5-3-4-6-18(17)23-11-16/h3-11H,2,12-14H2,1H3,(H,22,25). The second-order valence-corrected chi connectivity index (χ2v) is 6.42. The highest BCUT2D eigenvalue weighted by atomic mass is 16.7. The van der Waals surface area contributed by atoms with E-state index in [0.29, 0.717) is 19.6 Å². The van der Waals surface area contributed by atoms with Crippen molar-refractivity contribution >= 4 is 16.9 Å². The molecule has 6 heteroatoms. The number of hydrogen-bond donors (Lipinski definition) is 1. The molecule has 0 saturated carbocycles. The van der Waals surface area contributed by atoms with Crippen LogP contribution >= 0.6 is 0 Å². The lowest BCUT2D eigenvalue weighted by Gasteiger charge is -2.23. The second kappa shape index (κ2) is 7.53. The van der Waals surface area contributed by atoms with Crippen LogP contribution in [-0.4, -0.2) is 29.3 Å². The summed E-state index contributed by atoms with van der Waals surface area (Å²) in [5.41, 5.74) is 2.92. The molecule has 0 unspecified atom stereocenters. The Morgan fingerprint density at radius 3 is 2.78 bits per heavy atom. The predicted octanol–water partition coefficient (Wildman–Crippen LogP) is 3.70. The molecule has 2 aromatic carbocycles. The zero-order valence-corrected chi connectivity index (χ0v) is 15.1. The van der Waals surface area contributed by atoms with Crippen molar-refractivity contribution in [1.29, 1.82) is 0 Å². The van der Waals surface area contributed by atoms with E-state index in [0.717, 1.165) is 33.5 Å². The number of carbonyl (C=O) groups excluding carboxylic acids is 1. The molecule has 1 aliphatic heterocycles. The van der Waals surface area contributed by atoms with E-state index in [9.17, 15) is 4.79 Å². The van der Waals surface area contributed by atoms with E-state index in [1.807, 2.05) is 55.6 Å². The molecule has 4 rings (SSSR count). The molecule has 0 atom stereocenters. The van der Waals surface area contributed by atoms with Crippen LogP contribution in [0.3, 0.4) is 0 Å². The molecule has 0 fully saturated rings. The van der Waals surface area contributed by atoms with E-state index in [4.69, 9.17) is 9.47 Å². The fraction of sp³-hybridized carbons (Fsp3) is 0.238. The zero-order valence-electron chi connectivity index (χ0n) is 15.1. The number of urea groups is 1. The van der Waals surface area contributed by atoms with Gasteiger partial charge in [-0.15, -0.1) is 0 Å². The van der Waals surface area contributed by atoms with Gasteiger partial charge >= 0.3 is 6.03 Å². The van der Waals surface area contributed by atoms with Crippen LogP contribution in [0.5, 0.6) is 11.5 Å². The summed E-state index contributed by atoms with van der Waals surface area (Å²) >= 11 is 0. The van der Waals surface area contributed by atoms with E-state index in [1.165, 1.54) is 0 Å². The Labute approximate surface area is 157 Å². The van der Waals surface area contributed by atoms with Gasteiger partial charge in [-0.05, 0) is 42.3 Å². The minimum atomic E-state index is -0.108. The average molecular weight is 363 g/mol. The first kappa shape index (κ1) is 17.1. The molecule has 2 heterocycles. The third-order valence-corrected chi connectivity index (χ3v) is 4.45. The van der Waals surface area contributed by atoms with E-state index < -0.39 is 0 Å². The number of nitrogens with zero attached hydrogens (tertiary/aromatic N) is 2. The van der Waals surface area contributed by atoms with Crippen molar-refractivity contribution < 1.29 is 14.3 Å². The first-order valence-corrected chi connectivity index (χ1v) is 8.98.